The van der Waals surface area contributed by atoms with Gasteiger partial charge in [-0.05, 0) is 50.1 Å². The Morgan fingerprint density at radius 2 is 1.68 bits per heavy atom. The summed E-state index contributed by atoms with van der Waals surface area (Å²) >= 11 is 0. The molecule has 0 atom stereocenters. The number of halogens is 1. The minimum absolute atomic E-state index is 0.0104. The van der Waals surface area contributed by atoms with Gasteiger partial charge in [0.05, 0.1) is 5.41 Å². The van der Waals surface area contributed by atoms with Gasteiger partial charge in [0, 0.05) is 5.56 Å². The molecule has 0 unspecified atom stereocenters. The molecular formula is C17H17FO. The molecule has 2 aromatic rings. The van der Waals surface area contributed by atoms with Crippen molar-refractivity contribution in [3.63, 3.8) is 0 Å². The van der Waals surface area contributed by atoms with Gasteiger partial charge in [-0.15, -0.1) is 0 Å². The summed E-state index contributed by atoms with van der Waals surface area (Å²) in [5.74, 6) is -0.303. The van der Waals surface area contributed by atoms with E-state index in [1.807, 2.05) is 44.2 Å². The molecule has 0 fully saturated rings. The van der Waals surface area contributed by atoms with Crippen molar-refractivity contribution in [2.24, 2.45) is 0 Å². The number of ketones is 1. The lowest BCUT2D eigenvalue weighted by atomic mass is 9.77. The second kappa shape index (κ2) is 4.96. The van der Waals surface area contributed by atoms with E-state index >= 15 is 0 Å². The van der Waals surface area contributed by atoms with Crippen molar-refractivity contribution in [2.45, 2.75) is 26.2 Å². The number of hydrogen-bond acceptors (Lipinski definition) is 1. The van der Waals surface area contributed by atoms with Crippen LogP contribution in [0, 0.1) is 12.7 Å². The van der Waals surface area contributed by atoms with Crippen molar-refractivity contribution in [1.82, 2.24) is 0 Å². The fourth-order valence-electron chi connectivity index (χ4n) is 2.20. The second-order valence-electron chi connectivity index (χ2n) is 5.28. The number of rotatable bonds is 3. The first-order valence-corrected chi connectivity index (χ1v) is 6.29. The van der Waals surface area contributed by atoms with Crippen LogP contribution >= 0.6 is 0 Å². The van der Waals surface area contributed by atoms with Crippen molar-refractivity contribution in [2.75, 3.05) is 0 Å². The van der Waals surface area contributed by atoms with Crippen molar-refractivity contribution in [3.8, 4) is 0 Å². The van der Waals surface area contributed by atoms with Gasteiger partial charge < -0.3 is 0 Å². The molecule has 0 bridgehead atoms. The molecule has 0 heterocycles. The van der Waals surface area contributed by atoms with Gasteiger partial charge >= 0.3 is 0 Å². The van der Waals surface area contributed by atoms with Gasteiger partial charge in [-0.2, -0.15) is 0 Å². The highest BCUT2D eigenvalue weighted by Gasteiger charge is 2.31. The average Bonchev–Trinajstić information content (AvgIpc) is 2.39. The topological polar surface area (TPSA) is 17.1 Å². The maximum absolute atomic E-state index is 13.1. The SMILES string of the molecule is Cc1cc(F)ccc1C(=O)C(C)(C)c1ccccc1. The molecule has 0 saturated heterocycles. The summed E-state index contributed by atoms with van der Waals surface area (Å²) in [6, 6.07) is 13.9. The standard InChI is InChI=1S/C17H17FO/c1-12-11-14(18)9-10-15(12)16(19)17(2,3)13-7-5-4-6-8-13/h4-11H,1-3H3. The first-order valence-electron chi connectivity index (χ1n) is 6.29. The molecule has 2 aromatic carbocycles. The minimum atomic E-state index is -0.621. The molecule has 2 rings (SSSR count). The van der Waals surface area contributed by atoms with E-state index < -0.39 is 5.41 Å². The van der Waals surface area contributed by atoms with Gasteiger partial charge in [0.15, 0.2) is 5.78 Å². The second-order valence-corrected chi connectivity index (χ2v) is 5.28. The van der Waals surface area contributed by atoms with Crippen molar-refractivity contribution >= 4 is 5.78 Å². The van der Waals surface area contributed by atoms with E-state index in [1.54, 1.807) is 13.0 Å². The van der Waals surface area contributed by atoms with Gasteiger partial charge in [-0.25, -0.2) is 4.39 Å². The van der Waals surface area contributed by atoms with Crippen LogP contribution in [0.1, 0.15) is 35.3 Å². The summed E-state index contributed by atoms with van der Waals surface area (Å²) in [7, 11) is 0. The first kappa shape index (κ1) is 13.5. The highest BCUT2D eigenvalue weighted by Crippen LogP contribution is 2.28. The Hall–Kier alpha value is -1.96. The van der Waals surface area contributed by atoms with Gasteiger partial charge in [0.2, 0.25) is 0 Å². The van der Waals surface area contributed by atoms with Crippen LogP contribution in [0.5, 0.6) is 0 Å². The molecular weight excluding hydrogens is 239 g/mol. The zero-order valence-corrected chi connectivity index (χ0v) is 11.4. The van der Waals surface area contributed by atoms with E-state index in [-0.39, 0.29) is 11.6 Å². The average molecular weight is 256 g/mol. The van der Waals surface area contributed by atoms with Crippen molar-refractivity contribution in [3.05, 3.63) is 71.0 Å². The van der Waals surface area contributed by atoms with Crippen LogP contribution in [0.4, 0.5) is 4.39 Å². The van der Waals surface area contributed by atoms with E-state index in [0.717, 1.165) is 5.56 Å². The highest BCUT2D eigenvalue weighted by atomic mass is 19.1. The minimum Gasteiger partial charge on any atom is -0.293 e. The predicted molar refractivity (Wildman–Crippen MR) is 74.9 cm³/mol. The Labute approximate surface area is 113 Å². The first-order chi connectivity index (χ1) is 8.93. The Kier molecular flexibility index (Phi) is 3.52. The summed E-state index contributed by atoms with van der Waals surface area (Å²) < 4.78 is 13.1. The van der Waals surface area contributed by atoms with E-state index in [2.05, 4.69) is 0 Å². The van der Waals surface area contributed by atoms with E-state index in [1.165, 1.54) is 12.1 Å². The molecule has 0 aromatic heterocycles. The molecule has 0 radical (unpaired) electrons. The molecule has 98 valence electrons. The third-order valence-electron chi connectivity index (χ3n) is 3.50. The van der Waals surface area contributed by atoms with Crippen LogP contribution in [0.2, 0.25) is 0 Å². The molecule has 1 nitrogen and oxygen atoms in total. The third-order valence-corrected chi connectivity index (χ3v) is 3.50. The molecule has 19 heavy (non-hydrogen) atoms. The van der Waals surface area contributed by atoms with Gasteiger partial charge in [-0.3, -0.25) is 4.79 Å². The van der Waals surface area contributed by atoms with Crippen LogP contribution < -0.4 is 0 Å². The summed E-state index contributed by atoms with van der Waals surface area (Å²) in [4.78, 5) is 12.7. The summed E-state index contributed by atoms with van der Waals surface area (Å²) in [5.41, 5.74) is 1.59. The Morgan fingerprint density at radius 1 is 1.05 bits per heavy atom. The lowest BCUT2D eigenvalue weighted by molar-refractivity contribution is 0.0908. The monoisotopic (exact) mass is 256 g/mol. The molecule has 0 aliphatic carbocycles. The number of Topliss-reactive ketones (excluding diaryl/α,β-unsaturated/α-hetero) is 1. The van der Waals surface area contributed by atoms with Crippen LogP contribution in [-0.4, -0.2) is 5.78 Å². The van der Waals surface area contributed by atoms with Crippen LogP contribution in [0.25, 0.3) is 0 Å². The highest BCUT2D eigenvalue weighted by molar-refractivity contribution is 6.04. The van der Waals surface area contributed by atoms with Crippen LogP contribution in [0.15, 0.2) is 48.5 Å². The molecule has 0 saturated carbocycles. The summed E-state index contributed by atoms with van der Waals surface area (Å²) in [6.07, 6.45) is 0. The van der Waals surface area contributed by atoms with Gasteiger partial charge in [0.25, 0.3) is 0 Å². The molecule has 0 N–H and O–H groups in total. The lowest BCUT2D eigenvalue weighted by Crippen LogP contribution is -2.29. The van der Waals surface area contributed by atoms with E-state index in [9.17, 15) is 9.18 Å². The van der Waals surface area contributed by atoms with E-state index in [0.29, 0.717) is 11.1 Å². The normalized spacial score (nSPS) is 11.4. The number of aryl methyl sites for hydroxylation is 1. The Balaban J connectivity index is 2.43. The number of benzene rings is 2. The maximum Gasteiger partial charge on any atom is 0.173 e. The zero-order valence-electron chi connectivity index (χ0n) is 11.4. The van der Waals surface area contributed by atoms with Crippen LogP contribution in [0.3, 0.4) is 0 Å². The summed E-state index contributed by atoms with van der Waals surface area (Å²) in [5, 5.41) is 0. The quantitative estimate of drug-likeness (QED) is 0.748. The summed E-state index contributed by atoms with van der Waals surface area (Å²) in [6.45, 7) is 5.55. The predicted octanol–water partition coefficient (Wildman–Crippen LogP) is 4.29. The maximum atomic E-state index is 13.1. The van der Waals surface area contributed by atoms with Crippen molar-refractivity contribution < 1.29 is 9.18 Å². The molecule has 2 heteroatoms. The van der Waals surface area contributed by atoms with Crippen LogP contribution in [-0.2, 0) is 5.41 Å². The molecule has 0 spiro atoms. The number of hydrogen-bond donors (Lipinski definition) is 0. The molecule has 0 amide bonds. The molecule has 0 aliphatic heterocycles. The Bertz CT molecular complexity index is 600. The fourth-order valence-corrected chi connectivity index (χ4v) is 2.20. The number of carbonyl (C=O) groups excluding carboxylic acids is 1. The van der Waals surface area contributed by atoms with E-state index in [4.69, 9.17) is 0 Å². The van der Waals surface area contributed by atoms with Gasteiger partial charge in [-0.1, -0.05) is 30.3 Å². The largest absolute Gasteiger partial charge is 0.293 e. The third kappa shape index (κ3) is 2.58. The zero-order chi connectivity index (χ0) is 14.0. The Morgan fingerprint density at radius 3 is 2.26 bits per heavy atom. The number of carbonyl (C=O) groups is 1. The van der Waals surface area contributed by atoms with Crippen molar-refractivity contribution in [1.29, 1.82) is 0 Å². The van der Waals surface area contributed by atoms with Gasteiger partial charge in [0.1, 0.15) is 5.82 Å². The smallest absolute Gasteiger partial charge is 0.173 e. The fraction of sp³-hybridized carbons (Fsp3) is 0.235. The molecule has 0 aliphatic rings. The lowest BCUT2D eigenvalue weighted by Gasteiger charge is -2.24.